The Balaban J connectivity index is 0.000000607. The molecule has 1 atom stereocenters. The second-order valence-electron chi connectivity index (χ2n) is 4.81. The van der Waals surface area contributed by atoms with Crippen LogP contribution in [0.3, 0.4) is 0 Å². The van der Waals surface area contributed by atoms with Crippen molar-refractivity contribution in [2.45, 2.75) is 12.7 Å². The van der Waals surface area contributed by atoms with Gasteiger partial charge in [-0.15, -0.1) is 0 Å². The molecule has 2 rings (SSSR count). The summed E-state index contributed by atoms with van der Waals surface area (Å²) in [5, 5.41) is 20.8. The summed E-state index contributed by atoms with van der Waals surface area (Å²) in [6.07, 6.45) is -0.933. The first-order valence-corrected chi connectivity index (χ1v) is 10.1. The van der Waals surface area contributed by atoms with Crippen molar-refractivity contribution in [2.24, 2.45) is 0 Å². The number of ether oxygens (including phenoxy) is 1. The van der Waals surface area contributed by atoms with Crippen molar-refractivity contribution in [3.05, 3.63) is 10.4 Å². The lowest BCUT2D eigenvalue weighted by molar-refractivity contribution is -0.108. The van der Waals surface area contributed by atoms with Gasteiger partial charge in [0.25, 0.3) is 5.56 Å². The molecule has 0 aromatic carbocycles. The molecule has 0 aliphatic carbocycles. The number of rotatable bonds is 5. The maximum Gasteiger partial charge on any atom is 0.466 e. The Morgan fingerprint density at radius 2 is 1.68 bits per heavy atom. The van der Waals surface area contributed by atoms with Gasteiger partial charge in [-0.05, 0) is 0 Å². The minimum Gasteiger partial charge on any atom is -0.396 e. The number of hydrogen-bond acceptors (Lipinski definition) is 10. The normalized spacial score (nSPS) is 14.1. The molecule has 164 valence electrons. The van der Waals surface area contributed by atoms with Gasteiger partial charge in [-0.1, -0.05) is 0 Å². The SMILES string of the molecule is Nc1nc2c(c(=O)[nH]1)NCN2COC(O)CCO.O=P(O)(O)O.O=P(O)(O)O. The molecule has 28 heavy (non-hydrogen) atoms. The monoisotopic (exact) mass is 453 g/mol. The molecule has 1 aromatic rings. The largest absolute Gasteiger partial charge is 0.466 e. The fourth-order valence-electron chi connectivity index (χ4n) is 1.59. The van der Waals surface area contributed by atoms with Crippen LogP contribution in [0.4, 0.5) is 17.5 Å². The second kappa shape index (κ2) is 11.4. The molecule has 0 saturated heterocycles. The maximum absolute atomic E-state index is 11.5. The second-order valence-corrected chi connectivity index (χ2v) is 6.87. The first-order valence-electron chi connectivity index (χ1n) is 6.97. The summed E-state index contributed by atoms with van der Waals surface area (Å²) in [6.45, 7) is 0.207. The minimum atomic E-state index is -4.64. The summed E-state index contributed by atoms with van der Waals surface area (Å²) in [7, 11) is -9.28. The number of nitrogens with two attached hydrogens (primary N) is 1. The zero-order valence-corrected chi connectivity index (χ0v) is 15.8. The maximum atomic E-state index is 11.5. The molecule has 1 aromatic heterocycles. The van der Waals surface area contributed by atoms with Crippen molar-refractivity contribution in [1.29, 1.82) is 0 Å². The van der Waals surface area contributed by atoms with Crippen LogP contribution in [-0.2, 0) is 13.9 Å². The summed E-state index contributed by atoms with van der Waals surface area (Å²) < 4.78 is 22.9. The number of aromatic nitrogens is 2. The summed E-state index contributed by atoms with van der Waals surface area (Å²) in [6, 6.07) is 0. The molecular formula is C9H21N5O12P2. The molecule has 1 aliphatic heterocycles. The van der Waals surface area contributed by atoms with E-state index in [4.69, 9.17) is 54.1 Å². The van der Waals surface area contributed by atoms with Gasteiger partial charge in [-0.25, -0.2) is 9.13 Å². The zero-order valence-electron chi connectivity index (χ0n) is 14.0. The van der Waals surface area contributed by atoms with E-state index >= 15 is 0 Å². The highest BCUT2D eigenvalue weighted by molar-refractivity contribution is 7.45. The molecule has 0 saturated carbocycles. The number of nitrogens with one attached hydrogen (secondary N) is 2. The predicted molar refractivity (Wildman–Crippen MR) is 92.4 cm³/mol. The quantitative estimate of drug-likeness (QED) is 0.151. The molecule has 12 N–H and O–H groups in total. The number of fused-ring (bicyclic) bond motifs is 1. The highest BCUT2D eigenvalue weighted by atomic mass is 31.2. The summed E-state index contributed by atoms with van der Waals surface area (Å²) in [5.41, 5.74) is 5.43. The molecule has 2 heterocycles. The van der Waals surface area contributed by atoms with E-state index < -0.39 is 21.9 Å². The zero-order chi connectivity index (χ0) is 22.1. The molecule has 17 nitrogen and oxygen atoms in total. The van der Waals surface area contributed by atoms with Gasteiger partial charge in [0.15, 0.2) is 12.1 Å². The minimum absolute atomic E-state index is 0.0170. The number of nitrogen functional groups attached to an aromatic ring is 1. The number of aliphatic hydroxyl groups is 2. The lowest BCUT2D eigenvalue weighted by Crippen LogP contribution is -2.30. The van der Waals surface area contributed by atoms with Crippen LogP contribution >= 0.6 is 15.6 Å². The molecule has 0 bridgehead atoms. The van der Waals surface area contributed by atoms with Crippen molar-refractivity contribution in [1.82, 2.24) is 9.97 Å². The number of anilines is 3. The Bertz CT molecular complexity index is 726. The first kappa shape index (κ1) is 26.4. The lowest BCUT2D eigenvalue weighted by Gasteiger charge is -2.19. The third-order valence-corrected chi connectivity index (χ3v) is 2.46. The fourth-order valence-corrected chi connectivity index (χ4v) is 1.59. The lowest BCUT2D eigenvalue weighted by atomic mass is 10.4. The Kier molecular flexibility index (Phi) is 10.7. The van der Waals surface area contributed by atoms with Crippen LogP contribution < -0.4 is 21.5 Å². The van der Waals surface area contributed by atoms with Gasteiger partial charge in [-0.3, -0.25) is 9.78 Å². The van der Waals surface area contributed by atoms with Gasteiger partial charge in [0.2, 0.25) is 5.95 Å². The van der Waals surface area contributed by atoms with Gasteiger partial charge in [0.05, 0.1) is 6.67 Å². The first-order chi connectivity index (χ1) is 12.6. The van der Waals surface area contributed by atoms with Crippen molar-refractivity contribution in [2.75, 3.05) is 36.0 Å². The summed E-state index contributed by atoms with van der Waals surface area (Å²) in [5.74, 6) is 0.399. The Hall–Kier alpha value is -1.62. The van der Waals surface area contributed by atoms with E-state index in [1.54, 1.807) is 4.90 Å². The van der Waals surface area contributed by atoms with E-state index in [1.165, 1.54) is 0 Å². The molecule has 0 spiro atoms. The van der Waals surface area contributed by atoms with Crippen LogP contribution in [0.25, 0.3) is 0 Å². The van der Waals surface area contributed by atoms with E-state index in [2.05, 4.69) is 15.3 Å². The van der Waals surface area contributed by atoms with Crippen molar-refractivity contribution in [3.63, 3.8) is 0 Å². The third-order valence-electron chi connectivity index (χ3n) is 2.46. The van der Waals surface area contributed by atoms with Crippen molar-refractivity contribution < 1.29 is 53.4 Å². The van der Waals surface area contributed by atoms with Gasteiger partial charge < -0.3 is 60.3 Å². The molecule has 0 fully saturated rings. The number of hydrogen-bond donors (Lipinski definition) is 11. The van der Waals surface area contributed by atoms with Crippen LogP contribution in [0.2, 0.25) is 0 Å². The van der Waals surface area contributed by atoms with Crippen LogP contribution in [0.5, 0.6) is 0 Å². The summed E-state index contributed by atoms with van der Waals surface area (Å²) in [4.78, 5) is 62.6. The average molecular weight is 453 g/mol. The van der Waals surface area contributed by atoms with E-state index in [-0.39, 0.29) is 31.3 Å². The van der Waals surface area contributed by atoms with E-state index in [9.17, 15) is 9.90 Å². The average Bonchev–Trinajstić information content (AvgIpc) is 2.85. The Labute approximate surface area is 156 Å². The molecule has 0 amide bonds. The third kappa shape index (κ3) is 13.5. The Morgan fingerprint density at radius 3 is 2.14 bits per heavy atom. The van der Waals surface area contributed by atoms with Crippen LogP contribution in [0.15, 0.2) is 4.79 Å². The van der Waals surface area contributed by atoms with Crippen LogP contribution in [-0.4, -0.2) is 75.8 Å². The predicted octanol–water partition coefficient (Wildman–Crippen LogP) is -3.64. The number of aliphatic hydroxyl groups excluding tert-OH is 2. The molecule has 19 heteroatoms. The van der Waals surface area contributed by atoms with Gasteiger partial charge in [0.1, 0.15) is 12.4 Å². The molecular weight excluding hydrogens is 432 g/mol. The summed E-state index contributed by atoms with van der Waals surface area (Å²) >= 11 is 0. The van der Waals surface area contributed by atoms with Crippen LogP contribution in [0.1, 0.15) is 6.42 Å². The van der Waals surface area contributed by atoms with Gasteiger partial charge >= 0.3 is 15.6 Å². The molecule has 1 aliphatic rings. The van der Waals surface area contributed by atoms with Crippen molar-refractivity contribution >= 4 is 33.1 Å². The topological polar surface area (TPSA) is 292 Å². The van der Waals surface area contributed by atoms with Gasteiger partial charge in [-0.2, -0.15) is 4.98 Å². The van der Waals surface area contributed by atoms with Gasteiger partial charge in [0, 0.05) is 13.0 Å². The van der Waals surface area contributed by atoms with E-state index in [0.717, 1.165) is 0 Å². The number of aromatic amines is 1. The molecule has 1 unspecified atom stereocenters. The Morgan fingerprint density at radius 1 is 1.18 bits per heavy atom. The number of phosphoric acid groups is 2. The standard InChI is InChI=1S/C9H15N5O4.2H3O4P/c10-9-12-7-6(8(17)13-9)11-3-14(7)4-18-5(16)1-2-15;2*1-5(2,3)4/h5,11,15-16H,1-4H2,(H3,10,12,13,17);2*(H3,1,2,3,4). The molecule has 0 radical (unpaired) electrons. The number of nitrogens with zero attached hydrogens (tertiary/aromatic N) is 2. The fraction of sp³-hybridized carbons (Fsp3) is 0.556. The van der Waals surface area contributed by atoms with E-state index in [0.29, 0.717) is 18.2 Å². The smallest absolute Gasteiger partial charge is 0.396 e. The number of H-pyrrole nitrogens is 1. The van der Waals surface area contributed by atoms with E-state index in [1.807, 2.05) is 0 Å². The van der Waals surface area contributed by atoms with Crippen molar-refractivity contribution in [3.8, 4) is 0 Å². The highest BCUT2D eigenvalue weighted by Crippen LogP contribution is 2.26. The van der Waals surface area contributed by atoms with Crippen LogP contribution in [0, 0.1) is 0 Å². The highest BCUT2D eigenvalue weighted by Gasteiger charge is 2.24.